The standard InChI is InChI=1S/C46H28N2OS/c1-2-14-31(15-3-1)47-38-19-8-6-16-33(38)34-25-24-32(28-41(34)47)48(39-20-11-23-43-45(39)36-17-7-9-22-42(36)49-43)40-21-10-18-35-37-26-29-12-4-5-13-30(29)27-44(37)50-46(35)40/h1-28H. The van der Waals surface area contributed by atoms with E-state index in [-0.39, 0.29) is 0 Å². The number of anilines is 3. The van der Waals surface area contributed by atoms with Gasteiger partial charge in [-0.15, -0.1) is 11.3 Å². The van der Waals surface area contributed by atoms with E-state index in [1.165, 1.54) is 52.8 Å². The Hall–Kier alpha value is -6.36. The lowest BCUT2D eigenvalue weighted by atomic mass is 10.0. The van der Waals surface area contributed by atoms with Crippen LogP contribution in [-0.4, -0.2) is 4.57 Å². The Balaban J connectivity index is 1.25. The molecule has 0 atom stereocenters. The molecule has 11 rings (SSSR count). The molecule has 0 amide bonds. The average Bonchev–Trinajstić information content (AvgIpc) is 3.84. The Morgan fingerprint density at radius 1 is 0.460 bits per heavy atom. The van der Waals surface area contributed by atoms with Crippen LogP contribution in [-0.2, 0) is 0 Å². The smallest absolute Gasteiger partial charge is 0.137 e. The highest BCUT2D eigenvalue weighted by molar-refractivity contribution is 7.26. The topological polar surface area (TPSA) is 21.3 Å². The van der Waals surface area contributed by atoms with Gasteiger partial charge in [-0.25, -0.2) is 0 Å². The molecule has 0 spiro atoms. The predicted octanol–water partition coefficient (Wildman–Crippen LogP) is 13.7. The van der Waals surface area contributed by atoms with E-state index in [4.69, 9.17) is 4.42 Å². The van der Waals surface area contributed by atoms with Crippen LogP contribution in [0.3, 0.4) is 0 Å². The van der Waals surface area contributed by atoms with Crippen LogP contribution in [0.4, 0.5) is 17.1 Å². The van der Waals surface area contributed by atoms with Gasteiger partial charge in [-0.1, -0.05) is 103 Å². The summed E-state index contributed by atoms with van der Waals surface area (Å²) < 4.78 is 11.4. The SMILES string of the molecule is c1ccc(-n2c3ccccc3c3ccc(N(c4cccc5c4sc4cc6ccccc6cc45)c4cccc5oc6ccccc6c45)cc32)cc1. The van der Waals surface area contributed by atoms with E-state index in [0.717, 1.165) is 44.7 Å². The van der Waals surface area contributed by atoms with Gasteiger partial charge in [0, 0.05) is 43.0 Å². The minimum absolute atomic E-state index is 0.878. The lowest BCUT2D eigenvalue weighted by molar-refractivity contribution is 0.669. The Kier molecular flexibility index (Phi) is 5.83. The number of hydrogen-bond acceptors (Lipinski definition) is 3. The van der Waals surface area contributed by atoms with Gasteiger partial charge in [-0.05, 0) is 77.5 Å². The Bertz CT molecular complexity index is 3110. The third-order valence-corrected chi connectivity index (χ3v) is 11.3. The predicted molar refractivity (Wildman–Crippen MR) is 213 cm³/mol. The van der Waals surface area contributed by atoms with E-state index >= 15 is 0 Å². The van der Waals surface area contributed by atoms with Gasteiger partial charge < -0.3 is 13.9 Å². The molecule has 4 heteroatoms. The van der Waals surface area contributed by atoms with Crippen molar-refractivity contribution in [1.29, 1.82) is 0 Å². The third kappa shape index (κ3) is 3.97. The highest BCUT2D eigenvalue weighted by Crippen LogP contribution is 2.49. The maximum atomic E-state index is 6.45. The molecule has 0 radical (unpaired) electrons. The Labute approximate surface area is 291 Å². The van der Waals surface area contributed by atoms with Crippen LogP contribution in [0.15, 0.2) is 174 Å². The molecule has 3 heterocycles. The summed E-state index contributed by atoms with van der Waals surface area (Å²) in [6, 6.07) is 61.3. The first-order valence-electron chi connectivity index (χ1n) is 16.9. The average molecular weight is 657 g/mol. The molecule has 8 aromatic carbocycles. The zero-order valence-electron chi connectivity index (χ0n) is 26.9. The molecule has 0 fully saturated rings. The molecule has 0 bridgehead atoms. The van der Waals surface area contributed by atoms with Crippen molar-refractivity contribution in [2.45, 2.75) is 0 Å². The number of para-hydroxylation sites is 3. The minimum Gasteiger partial charge on any atom is -0.456 e. The van der Waals surface area contributed by atoms with Gasteiger partial charge in [0.25, 0.3) is 0 Å². The van der Waals surface area contributed by atoms with Gasteiger partial charge >= 0.3 is 0 Å². The fourth-order valence-corrected chi connectivity index (χ4v) is 9.18. The van der Waals surface area contributed by atoms with Crippen molar-refractivity contribution in [1.82, 2.24) is 4.57 Å². The van der Waals surface area contributed by atoms with Gasteiger partial charge in [0.15, 0.2) is 0 Å². The molecule has 50 heavy (non-hydrogen) atoms. The first kappa shape index (κ1) is 27.6. The zero-order chi connectivity index (χ0) is 32.8. The first-order chi connectivity index (χ1) is 24.8. The molecule has 0 aliphatic carbocycles. The lowest BCUT2D eigenvalue weighted by Gasteiger charge is -2.27. The monoisotopic (exact) mass is 656 g/mol. The second kappa shape index (κ2) is 10.6. The molecule has 0 unspecified atom stereocenters. The summed E-state index contributed by atoms with van der Waals surface area (Å²) in [5.41, 5.74) is 8.59. The number of rotatable bonds is 4. The summed E-state index contributed by atoms with van der Waals surface area (Å²) >= 11 is 1.87. The van der Waals surface area contributed by atoms with Gasteiger partial charge in [0.1, 0.15) is 11.2 Å². The highest BCUT2D eigenvalue weighted by Gasteiger charge is 2.24. The van der Waals surface area contributed by atoms with Crippen molar-refractivity contribution in [3.63, 3.8) is 0 Å². The number of benzene rings is 8. The van der Waals surface area contributed by atoms with E-state index in [1.54, 1.807) is 0 Å². The first-order valence-corrected chi connectivity index (χ1v) is 17.7. The van der Waals surface area contributed by atoms with Crippen molar-refractivity contribution in [3.8, 4) is 5.69 Å². The quantitative estimate of drug-likeness (QED) is 0.188. The van der Waals surface area contributed by atoms with Crippen LogP contribution in [0, 0.1) is 0 Å². The highest BCUT2D eigenvalue weighted by atomic mass is 32.1. The van der Waals surface area contributed by atoms with Crippen LogP contribution < -0.4 is 4.90 Å². The second-order valence-electron chi connectivity index (χ2n) is 12.9. The van der Waals surface area contributed by atoms with Crippen LogP contribution in [0.5, 0.6) is 0 Å². The molecule has 0 saturated carbocycles. The summed E-state index contributed by atoms with van der Waals surface area (Å²) in [6.07, 6.45) is 0. The number of aromatic nitrogens is 1. The molecule has 11 aromatic rings. The number of thiophene rings is 1. The lowest BCUT2D eigenvalue weighted by Crippen LogP contribution is -2.10. The fourth-order valence-electron chi connectivity index (χ4n) is 7.95. The summed E-state index contributed by atoms with van der Waals surface area (Å²) in [7, 11) is 0. The minimum atomic E-state index is 0.878. The normalized spacial score (nSPS) is 12.0. The summed E-state index contributed by atoms with van der Waals surface area (Å²) in [6.45, 7) is 0. The molecule has 0 aliphatic heterocycles. The zero-order valence-corrected chi connectivity index (χ0v) is 27.7. The largest absolute Gasteiger partial charge is 0.456 e. The van der Waals surface area contributed by atoms with Gasteiger partial charge in [0.05, 0.1) is 32.5 Å². The number of furan rings is 1. The van der Waals surface area contributed by atoms with Crippen molar-refractivity contribution >= 4 is 103 Å². The molecule has 3 nitrogen and oxygen atoms in total. The van der Waals surface area contributed by atoms with Crippen molar-refractivity contribution < 1.29 is 4.42 Å². The van der Waals surface area contributed by atoms with Gasteiger partial charge in [-0.3, -0.25) is 0 Å². The number of hydrogen-bond donors (Lipinski definition) is 0. The van der Waals surface area contributed by atoms with Crippen LogP contribution >= 0.6 is 11.3 Å². The number of nitrogens with zero attached hydrogens (tertiary/aromatic N) is 2. The van der Waals surface area contributed by atoms with E-state index in [2.05, 4.69) is 173 Å². The molecule has 0 N–H and O–H groups in total. The molecule has 0 saturated heterocycles. The molecular weight excluding hydrogens is 629 g/mol. The fraction of sp³-hybridized carbons (Fsp3) is 0. The molecule has 0 aliphatic rings. The van der Waals surface area contributed by atoms with E-state index in [0.29, 0.717) is 0 Å². The molecule has 234 valence electrons. The second-order valence-corrected chi connectivity index (χ2v) is 14.0. The van der Waals surface area contributed by atoms with Gasteiger partial charge in [-0.2, -0.15) is 0 Å². The maximum absolute atomic E-state index is 6.45. The van der Waals surface area contributed by atoms with Crippen LogP contribution in [0.1, 0.15) is 0 Å². The van der Waals surface area contributed by atoms with E-state index in [9.17, 15) is 0 Å². The van der Waals surface area contributed by atoms with Crippen LogP contribution in [0.25, 0.3) is 80.4 Å². The summed E-state index contributed by atoms with van der Waals surface area (Å²) in [5, 5.41) is 9.76. The molecular formula is C46H28N2OS. The van der Waals surface area contributed by atoms with Crippen molar-refractivity contribution in [2.75, 3.05) is 4.90 Å². The number of fused-ring (bicyclic) bond motifs is 10. The van der Waals surface area contributed by atoms with E-state index < -0.39 is 0 Å². The van der Waals surface area contributed by atoms with Crippen molar-refractivity contribution in [3.05, 3.63) is 170 Å². The Morgan fingerprint density at radius 3 is 2.04 bits per heavy atom. The summed E-state index contributed by atoms with van der Waals surface area (Å²) in [5.74, 6) is 0. The Morgan fingerprint density at radius 2 is 1.14 bits per heavy atom. The van der Waals surface area contributed by atoms with Gasteiger partial charge in [0.2, 0.25) is 0 Å². The van der Waals surface area contributed by atoms with E-state index in [1.807, 2.05) is 17.4 Å². The van der Waals surface area contributed by atoms with Crippen molar-refractivity contribution in [2.24, 2.45) is 0 Å². The third-order valence-electron chi connectivity index (χ3n) is 10.1. The molecule has 3 aromatic heterocycles. The summed E-state index contributed by atoms with van der Waals surface area (Å²) in [4.78, 5) is 2.45. The van der Waals surface area contributed by atoms with Crippen LogP contribution in [0.2, 0.25) is 0 Å². The maximum Gasteiger partial charge on any atom is 0.137 e.